The van der Waals surface area contributed by atoms with Crippen molar-refractivity contribution < 1.29 is 32.9 Å². The summed E-state index contributed by atoms with van der Waals surface area (Å²) in [5.41, 5.74) is -0.798. The number of nitrogens with zero attached hydrogens (tertiary/aromatic N) is 4. The van der Waals surface area contributed by atoms with E-state index in [1.165, 1.54) is 4.90 Å². The zero-order valence-electron chi connectivity index (χ0n) is 23.6. The fraction of sp³-hybridized carbons (Fsp3) is 0.621. The van der Waals surface area contributed by atoms with Crippen LogP contribution in [-0.2, 0) is 29.2 Å². The van der Waals surface area contributed by atoms with Crippen molar-refractivity contribution in [2.75, 3.05) is 31.2 Å². The van der Waals surface area contributed by atoms with Crippen LogP contribution in [0.4, 0.5) is 19.4 Å². The SMILES string of the molecule is CC1(O)CCCN(c2nc(OC[C@]3(COCc4ccccc4)CC3(F)F)nc3c2CN(C(=O)OC(C)(C)C)C3)C1. The van der Waals surface area contributed by atoms with E-state index in [9.17, 15) is 18.7 Å². The molecule has 1 aromatic heterocycles. The number of benzene rings is 1. The molecule has 0 radical (unpaired) electrons. The van der Waals surface area contributed by atoms with Crippen LogP contribution in [0.1, 0.15) is 63.8 Å². The molecule has 218 valence electrons. The first-order valence-corrected chi connectivity index (χ1v) is 13.7. The van der Waals surface area contributed by atoms with Gasteiger partial charge in [0.25, 0.3) is 5.92 Å². The normalized spacial score (nSPS) is 25.5. The number of carbonyl (C=O) groups is 1. The molecule has 2 atom stereocenters. The molecule has 1 N–H and O–H groups in total. The van der Waals surface area contributed by atoms with Crippen molar-refractivity contribution in [3.05, 3.63) is 47.2 Å². The molecule has 1 aromatic carbocycles. The lowest BCUT2D eigenvalue weighted by Gasteiger charge is -2.38. The number of aliphatic hydroxyl groups is 1. The summed E-state index contributed by atoms with van der Waals surface area (Å²) >= 11 is 0. The van der Waals surface area contributed by atoms with E-state index in [0.717, 1.165) is 17.5 Å². The first-order chi connectivity index (χ1) is 18.8. The van der Waals surface area contributed by atoms with Crippen LogP contribution in [0.15, 0.2) is 30.3 Å². The highest BCUT2D eigenvalue weighted by Crippen LogP contribution is 2.60. The molecule has 40 heavy (non-hydrogen) atoms. The van der Waals surface area contributed by atoms with Crippen molar-refractivity contribution >= 4 is 11.9 Å². The highest BCUT2D eigenvalue weighted by Gasteiger charge is 2.72. The predicted octanol–water partition coefficient (Wildman–Crippen LogP) is 4.70. The lowest BCUT2D eigenvalue weighted by atomic mass is 9.95. The van der Waals surface area contributed by atoms with Gasteiger partial charge in [-0.25, -0.2) is 13.6 Å². The van der Waals surface area contributed by atoms with Crippen LogP contribution in [-0.4, -0.2) is 69.5 Å². The van der Waals surface area contributed by atoms with Gasteiger partial charge in [0.2, 0.25) is 0 Å². The summed E-state index contributed by atoms with van der Waals surface area (Å²) in [6, 6.07) is 9.36. The summed E-state index contributed by atoms with van der Waals surface area (Å²) in [5, 5.41) is 10.7. The first kappa shape index (κ1) is 28.5. The van der Waals surface area contributed by atoms with Gasteiger partial charge in [-0.3, -0.25) is 4.90 Å². The van der Waals surface area contributed by atoms with E-state index in [0.29, 0.717) is 31.0 Å². The number of aromatic nitrogens is 2. The number of piperidine rings is 1. The highest BCUT2D eigenvalue weighted by molar-refractivity contribution is 5.70. The maximum absolute atomic E-state index is 14.5. The van der Waals surface area contributed by atoms with E-state index in [1.54, 1.807) is 27.7 Å². The van der Waals surface area contributed by atoms with E-state index in [4.69, 9.17) is 14.2 Å². The van der Waals surface area contributed by atoms with Crippen LogP contribution in [0.5, 0.6) is 6.01 Å². The Morgan fingerprint density at radius 1 is 1.12 bits per heavy atom. The van der Waals surface area contributed by atoms with Crippen molar-refractivity contribution in [1.82, 2.24) is 14.9 Å². The Balaban J connectivity index is 1.34. The van der Waals surface area contributed by atoms with Crippen molar-refractivity contribution in [2.24, 2.45) is 5.41 Å². The summed E-state index contributed by atoms with van der Waals surface area (Å²) in [6.07, 6.45) is 0.599. The average Bonchev–Trinajstić information content (AvgIpc) is 3.18. The molecule has 11 heteroatoms. The Labute approximate surface area is 233 Å². The summed E-state index contributed by atoms with van der Waals surface area (Å²) in [5.74, 6) is -2.37. The van der Waals surface area contributed by atoms with Gasteiger partial charge < -0.3 is 24.2 Å². The van der Waals surface area contributed by atoms with Gasteiger partial charge in [0.1, 0.15) is 18.0 Å². The number of alkyl halides is 2. The molecule has 3 heterocycles. The Morgan fingerprint density at radius 3 is 2.50 bits per heavy atom. The Kier molecular flexibility index (Phi) is 7.41. The summed E-state index contributed by atoms with van der Waals surface area (Å²) < 4.78 is 46.1. The first-order valence-electron chi connectivity index (χ1n) is 13.7. The maximum atomic E-state index is 14.5. The predicted molar refractivity (Wildman–Crippen MR) is 143 cm³/mol. The second-order valence-corrected chi connectivity index (χ2v) is 12.5. The van der Waals surface area contributed by atoms with Crippen LogP contribution in [0, 0.1) is 5.41 Å². The third-order valence-corrected chi connectivity index (χ3v) is 7.54. The molecule has 1 saturated carbocycles. The molecule has 1 unspecified atom stereocenters. The van der Waals surface area contributed by atoms with Crippen LogP contribution >= 0.6 is 0 Å². The molecule has 0 spiro atoms. The van der Waals surface area contributed by atoms with Gasteiger partial charge in [0, 0.05) is 25.1 Å². The number of carbonyl (C=O) groups excluding carboxylic acids is 1. The van der Waals surface area contributed by atoms with Gasteiger partial charge in [-0.2, -0.15) is 9.97 Å². The second kappa shape index (κ2) is 10.4. The Morgan fingerprint density at radius 2 is 1.85 bits per heavy atom. The van der Waals surface area contributed by atoms with Crippen molar-refractivity contribution in [1.29, 1.82) is 0 Å². The van der Waals surface area contributed by atoms with Crippen molar-refractivity contribution in [3.8, 4) is 6.01 Å². The molecule has 0 bridgehead atoms. The van der Waals surface area contributed by atoms with Gasteiger partial charge in [0.05, 0.1) is 43.0 Å². The molecule has 2 aromatic rings. The molecule has 1 amide bonds. The number of fused-ring (bicyclic) bond motifs is 1. The minimum absolute atomic E-state index is 0.0323. The molecule has 1 aliphatic carbocycles. The molecule has 5 rings (SSSR count). The fourth-order valence-electron chi connectivity index (χ4n) is 5.27. The molecular weight excluding hydrogens is 522 g/mol. The smallest absolute Gasteiger partial charge is 0.410 e. The van der Waals surface area contributed by atoms with Gasteiger partial charge in [-0.15, -0.1) is 0 Å². The third kappa shape index (κ3) is 6.30. The molecule has 9 nitrogen and oxygen atoms in total. The summed E-state index contributed by atoms with van der Waals surface area (Å²) in [4.78, 5) is 25.5. The molecule has 1 saturated heterocycles. The minimum atomic E-state index is -2.91. The lowest BCUT2D eigenvalue weighted by molar-refractivity contribution is -0.0174. The van der Waals surface area contributed by atoms with Crippen LogP contribution in [0.2, 0.25) is 0 Å². The number of β-amino-alcohol motifs (C(OH)–C–C–N with tert-alkyl or cyclic N) is 1. The molecular formula is C29H38F2N4O5. The van der Waals surface area contributed by atoms with Gasteiger partial charge >= 0.3 is 12.1 Å². The average molecular weight is 561 g/mol. The lowest BCUT2D eigenvalue weighted by Crippen LogP contribution is -2.47. The Hall–Kier alpha value is -3.05. The Bertz CT molecular complexity index is 1240. The number of ether oxygens (including phenoxy) is 3. The van der Waals surface area contributed by atoms with Crippen molar-refractivity contribution in [3.63, 3.8) is 0 Å². The monoisotopic (exact) mass is 560 g/mol. The highest BCUT2D eigenvalue weighted by atomic mass is 19.3. The third-order valence-electron chi connectivity index (χ3n) is 7.54. The van der Waals surface area contributed by atoms with Gasteiger partial charge in [0.15, 0.2) is 0 Å². The standard InChI is InChI=1S/C29H38F2N4O5/c1-26(2,3)40-25(36)35-13-21-22(14-35)32-24(33-23(21)34-12-8-11-27(4,37)17-34)39-19-28(16-29(28,30)31)18-38-15-20-9-6-5-7-10-20/h5-7,9-10,37H,8,11-19H2,1-4H3/t27?,28-/m1/s1. The van der Waals surface area contributed by atoms with E-state index >= 15 is 0 Å². The largest absolute Gasteiger partial charge is 0.462 e. The van der Waals surface area contributed by atoms with E-state index < -0.39 is 28.6 Å². The van der Waals surface area contributed by atoms with Crippen LogP contribution in [0.3, 0.4) is 0 Å². The number of halogens is 2. The second-order valence-electron chi connectivity index (χ2n) is 12.5. The quantitative estimate of drug-likeness (QED) is 0.496. The minimum Gasteiger partial charge on any atom is -0.462 e. The summed E-state index contributed by atoms with van der Waals surface area (Å²) in [6.45, 7) is 8.37. The molecule has 2 fully saturated rings. The number of anilines is 1. The number of hydrogen-bond acceptors (Lipinski definition) is 8. The van der Waals surface area contributed by atoms with E-state index in [1.807, 2.05) is 35.2 Å². The van der Waals surface area contributed by atoms with E-state index in [-0.39, 0.29) is 45.3 Å². The molecule has 2 aliphatic heterocycles. The van der Waals surface area contributed by atoms with Gasteiger partial charge in [-0.1, -0.05) is 30.3 Å². The number of amides is 1. The zero-order chi connectivity index (χ0) is 28.8. The molecule has 3 aliphatic rings. The number of rotatable bonds is 8. The topological polar surface area (TPSA) is 97.3 Å². The van der Waals surface area contributed by atoms with E-state index in [2.05, 4.69) is 9.97 Å². The van der Waals surface area contributed by atoms with Crippen LogP contribution < -0.4 is 9.64 Å². The van der Waals surface area contributed by atoms with Gasteiger partial charge in [-0.05, 0) is 46.1 Å². The summed E-state index contributed by atoms with van der Waals surface area (Å²) in [7, 11) is 0. The number of hydrogen-bond donors (Lipinski definition) is 1. The van der Waals surface area contributed by atoms with Crippen molar-refractivity contribution in [2.45, 2.75) is 83.8 Å². The fourth-order valence-corrected chi connectivity index (χ4v) is 5.27. The zero-order valence-corrected chi connectivity index (χ0v) is 23.6. The maximum Gasteiger partial charge on any atom is 0.410 e. The van der Waals surface area contributed by atoms with Crippen LogP contribution in [0.25, 0.3) is 0 Å².